The summed E-state index contributed by atoms with van der Waals surface area (Å²) in [6.07, 6.45) is 0.544. The first-order chi connectivity index (χ1) is 13.6. The number of carbonyl (C=O) groups excluding carboxylic acids is 3. The molecule has 0 aliphatic rings. The molecule has 1 heterocycles. The summed E-state index contributed by atoms with van der Waals surface area (Å²) in [5.74, 6) is -0.991. The van der Waals surface area contributed by atoms with Crippen LogP contribution in [-0.2, 0) is 16.0 Å². The first kappa shape index (κ1) is 22.6. The Morgan fingerprint density at radius 3 is 2.31 bits per heavy atom. The molecule has 1 aromatic carbocycles. The molecule has 2 amide bonds. The molecule has 0 spiro atoms. The maximum atomic E-state index is 13.0. The van der Waals surface area contributed by atoms with Crippen molar-refractivity contribution in [3.05, 3.63) is 51.9 Å². The Morgan fingerprint density at radius 2 is 1.76 bits per heavy atom. The Balaban J connectivity index is 2.36. The van der Waals surface area contributed by atoms with Crippen LogP contribution < -0.4 is 5.32 Å². The van der Waals surface area contributed by atoms with Crippen LogP contribution >= 0.6 is 11.3 Å². The second kappa shape index (κ2) is 9.22. The van der Waals surface area contributed by atoms with Gasteiger partial charge in [0.15, 0.2) is 0 Å². The second-order valence-electron chi connectivity index (χ2n) is 7.68. The number of amides is 2. The molecule has 0 aliphatic carbocycles. The number of hydrogen-bond donors (Lipinski definition) is 1. The van der Waals surface area contributed by atoms with Crippen LogP contribution in [0.1, 0.15) is 51.9 Å². The molecule has 0 radical (unpaired) electrons. The zero-order chi connectivity index (χ0) is 21.8. The summed E-state index contributed by atoms with van der Waals surface area (Å²) in [6, 6.07) is 9.75. The highest BCUT2D eigenvalue weighted by molar-refractivity contribution is 7.18. The second-order valence-corrected chi connectivity index (χ2v) is 8.70. The average molecular weight is 417 g/mol. The standard InChI is InChI=1S/C22H28N2O4S/c1-7-28-20(26)16-14(2)17(19(25)24(5)6)29-18(16)23-21(27)22(3,4)13-15-11-9-8-10-12-15/h8-12H,7,13H2,1-6H3,(H,23,27). The maximum absolute atomic E-state index is 13.0. The van der Waals surface area contributed by atoms with Crippen LogP contribution in [0.15, 0.2) is 30.3 Å². The number of anilines is 1. The molecule has 29 heavy (non-hydrogen) atoms. The lowest BCUT2D eigenvalue weighted by Gasteiger charge is -2.23. The Kier molecular flexibility index (Phi) is 7.19. The Bertz CT molecular complexity index is 901. The van der Waals surface area contributed by atoms with Crippen LogP contribution in [0.5, 0.6) is 0 Å². The molecule has 1 aromatic heterocycles. The highest BCUT2D eigenvalue weighted by Gasteiger charge is 2.32. The van der Waals surface area contributed by atoms with E-state index >= 15 is 0 Å². The molecule has 0 unspecified atom stereocenters. The van der Waals surface area contributed by atoms with Gasteiger partial charge in [-0.3, -0.25) is 9.59 Å². The number of nitrogens with one attached hydrogen (secondary N) is 1. The van der Waals surface area contributed by atoms with Gasteiger partial charge in [0.1, 0.15) is 5.00 Å². The third-order valence-electron chi connectivity index (χ3n) is 4.56. The molecular weight excluding hydrogens is 388 g/mol. The highest BCUT2D eigenvalue weighted by Crippen LogP contribution is 2.36. The van der Waals surface area contributed by atoms with Gasteiger partial charge in [-0.2, -0.15) is 0 Å². The van der Waals surface area contributed by atoms with E-state index in [1.165, 1.54) is 4.90 Å². The van der Waals surface area contributed by atoms with Crippen molar-refractivity contribution in [2.75, 3.05) is 26.0 Å². The molecule has 2 aromatic rings. The Labute approximate surface area is 175 Å². The first-order valence-electron chi connectivity index (χ1n) is 9.46. The Hall–Kier alpha value is -2.67. The lowest BCUT2D eigenvalue weighted by Crippen LogP contribution is -2.33. The number of hydrogen-bond acceptors (Lipinski definition) is 5. The van der Waals surface area contributed by atoms with E-state index in [4.69, 9.17) is 4.74 Å². The first-order valence-corrected chi connectivity index (χ1v) is 10.3. The van der Waals surface area contributed by atoms with E-state index in [1.54, 1.807) is 27.9 Å². The zero-order valence-corrected chi connectivity index (χ0v) is 18.6. The zero-order valence-electron chi connectivity index (χ0n) is 17.8. The summed E-state index contributed by atoms with van der Waals surface area (Å²) in [7, 11) is 3.29. The van der Waals surface area contributed by atoms with Crippen molar-refractivity contribution in [1.29, 1.82) is 0 Å². The van der Waals surface area contributed by atoms with Gasteiger partial charge in [0.2, 0.25) is 5.91 Å². The van der Waals surface area contributed by atoms with Gasteiger partial charge >= 0.3 is 5.97 Å². The SMILES string of the molecule is CCOC(=O)c1c(NC(=O)C(C)(C)Cc2ccccc2)sc(C(=O)N(C)C)c1C. The van der Waals surface area contributed by atoms with E-state index in [2.05, 4.69) is 5.32 Å². The number of carbonyl (C=O) groups is 3. The highest BCUT2D eigenvalue weighted by atomic mass is 32.1. The number of nitrogens with zero attached hydrogens (tertiary/aromatic N) is 1. The van der Waals surface area contributed by atoms with Crippen molar-refractivity contribution < 1.29 is 19.1 Å². The van der Waals surface area contributed by atoms with Gasteiger partial charge in [-0.05, 0) is 31.4 Å². The molecule has 0 aliphatic heterocycles. The van der Waals surface area contributed by atoms with Gasteiger partial charge in [0.25, 0.3) is 5.91 Å². The van der Waals surface area contributed by atoms with Gasteiger partial charge in [0, 0.05) is 19.5 Å². The number of esters is 1. The van der Waals surface area contributed by atoms with E-state index in [1.807, 2.05) is 44.2 Å². The minimum Gasteiger partial charge on any atom is -0.462 e. The van der Waals surface area contributed by atoms with Crippen LogP contribution in [0.3, 0.4) is 0 Å². The van der Waals surface area contributed by atoms with E-state index in [0.717, 1.165) is 16.9 Å². The third kappa shape index (κ3) is 5.23. The largest absolute Gasteiger partial charge is 0.462 e. The lowest BCUT2D eigenvalue weighted by molar-refractivity contribution is -0.123. The maximum Gasteiger partial charge on any atom is 0.341 e. The number of rotatable bonds is 7. The molecule has 6 nitrogen and oxygen atoms in total. The molecule has 2 rings (SSSR count). The van der Waals surface area contributed by atoms with Crippen molar-refractivity contribution in [2.24, 2.45) is 5.41 Å². The predicted molar refractivity (Wildman–Crippen MR) is 116 cm³/mol. The Morgan fingerprint density at radius 1 is 1.14 bits per heavy atom. The fourth-order valence-electron chi connectivity index (χ4n) is 2.92. The summed E-state index contributed by atoms with van der Waals surface area (Å²) >= 11 is 1.10. The molecule has 0 fully saturated rings. The quantitative estimate of drug-likeness (QED) is 0.688. The minimum atomic E-state index is -0.711. The van der Waals surface area contributed by atoms with Crippen molar-refractivity contribution in [3.8, 4) is 0 Å². The summed E-state index contributed by atoms with van der Waals surface area (Å²) in [6.45, 7) is 7.33. The molecule has 0 atom stereocenters. The fourth-order valence-corrected chi connectivity index (χ4v) is 4.13. The molecule has 0 saturated heterocycles. The van der Waals surface area contributed by atoms with Crippen LogP contribution in [-0.4, -0.2) is 43.4 Å². The monoisotopic (exact) mass is 416 g/mol. The van der Waals surface area contributed by atoms with E-state index in [-0.39, 0.29) is 24.0 Å². The molecule has 0 bridgehead atoms. The summed E-state index contributed by atoms with van der Waals surface area (Å²) in [4.78, 5) is 39.9. The molecule has 1 N–H and O–H groups in total. The number of ether oxygens (including phenoxy) is 1. The average Bonchev–Trinajstić information content (AvgIpc) is 2.97. The molecule has 7 heteroatoms. The van der Waals surface area contributed by atoms with Gasteiger partial charge in [-0.1, -0.05) is 44.2 Å². The number of thiophene rings is 1. The van der Waals surface area contributed by atoms with Gasteiger partial charge in [0.05, 0.1) is 17.0 Å². The normalized spacial score (nSPS) is 11.1. The van der Waals surface area contributed by atoms with Crippen molar-refractivity contribution in [1.82, 2.24) is 4.90 Å². The van der Waals surface area contributed by atoms with E-state index in [9.17, 15) is 14.4 Å². The van der Waals surface area contributed by atoms with Crippen LogP contribution in [0.25, 0.3) is 0 Å². The summed E-state index contributed by atoms with van der Waals surface area (Å²) in [5, 5.41) is 3.22. The van der Waals surface area contributed by atoms with Crippen molar-refractivity contribution in [3.63, 3.8) is 0 Å². The smallest absolute Gasteiger partial charge is 0.341 e. The van der Waals surface area contributed by atoms with Gasteiger partial charge in [-0.25, -0.2) is 4.79 Å². The van der Waals surface area contributed by atoms with Gasteiger partial charge in [-0.15, -0.1) is 11.3 Å². The third-order valence-corrected chi connectivity index (χ3v) is 5.75. The lowest BCUT2D eigenvalue weighted by atomic mass is 9.85. The predicted octanol–water partition coefficient (Wildman–Crippen LogP) is 4.14. The molecule has 0 saturated carbocycles. The minimum absolute atomic E-state index is 0.206. The summed E-state index contributed by atoms with van der Waals surface area (Å²) < 4.78 is 5.16. The van der Waals surface area contributed by atoms with Crippen molar-refractivity contribution in [2.45, 2.75) is 34.1 Å². The fraction of sp³-hybridized carbons (Fsp3) is 0.409. The van der Waals surface area contributed by atoms with Crippen LogP contribution in [0.2, 0.25) is 0 Å². The number of benzene rings is 1. The summed E-state index contributed by atoms with van der Waals surface area (Å²) in [5.41, 5.74) is 1.09. The van der Waals surface area contributed by atoms with E-state index in [0.29, 0.717) is 21.9 Å². The van der Waals surface area contributed by atoms with Crippen LogP contribution in [0.4, 0.5) is 5.00 Å². The molecule has 156 valence electrons. The topological polar surface area (TPSA) is 75.7 Å². The molecular formula is C22H28N2O4S. The van der Waals surface area contributed by atoms with Gasteiger partial charge < -0.3 is 15.0 Å². The van der Waals surface area contributed by atoms with Crippen molar-refractivity contribution >= 4 is 34.1 Å². The van der Waals surface area contributed by atoms with E-state index < -0.39 is 11.4 Å². The van der Waals surface area contributed by atoms with Crippen LogP contribution in [0, 0.1) is 12.3 Å².